The Labute approximate surface area is 128 Å². The Hall–Kier alpha value is -0.340. The first-order valence-corrected chi connectivity index (χ1v) is 10.2. The van der Waals surface area contributed by atoms with Gasteiger partial charge in [-0.3, -0.25) is 9.36 Å². The van der Waals surface area contributed by atoms with Crippen LogP contribution in [0.25, 0.3) is 0 Å². The topological polar surface area (TPSA) is 74.6 Å². The van der Waals surface area contributed by atoms with Gasteiger partial charge >= 0.3 is 5.97 Å². The van der Waals surface area contributed by atoms with Gasteiger partial charge in [0.25, 0.3) is 0 Å². The molecule has 0 heterocycles. The summed E-state index contributed by atoms with van der Waals surface area (Å²) in [4.78, 5) is 22.1. The summed E-state index contributed by atoms with van der Waals surface area (Å²) in [5, 5.41) is 8.10. The van der Waals surface area contributed by atoms with Crippen LogP contribution in [0.1, 0.15) is 78.1 Å². The van der Waals surface area contributed by atoms with Crippen molar-refractivity contribution < 1.29 is 19.4 Å². The molecule has 0 bridgehead atoms. The molecule has 0 aromatic heterocycles. The van der Waals surface area contributed by atoms with E-state index in [2.05, 4.69) is 6.92 Å². The van der Waals surface area contributed by atoms with Gasteiger partial charge in [0.05, 0.1) is 0 Å². The predicted molar refractivity (Wildman–Crippen MR) is 86.1 cm³/mol. The van der Waals surface area contributed by atoms with Gasteiger partial charge in [-0.05, 0) is 25.7 Å². The number of rotatable bonds is 9. The highest BCUT2D eigenvalue weighted by atomic mass is 31.2. The molecule has 0 aromatic rings. The van der Waals surface area contributed by atoms with Crippen molar-refractivity contribution in [1.29, 1.82) is 0 Å². The third-order valence-electron chi connectivity index (χ3n) is 4.96. The van der Waals surface area contributed by atoms with E-state index in [1.807, 2.05) is 0 Å². The van der Waals surface area contributed by atoms with Crippen molar-refractivity contribution >= 4 is 13.3 Å². The van der Waals surface area contributed by atoms with Crippen molar-refractivity contribution in [3.05, 3.63) is 0 Å². The lowest BCUT2D eigenvalue weighted by Crippen LogP contribution is -2.38. The first kappa shape index (κ1) is 18.7. The van der Waals surface area contributed by atoms with E-state index in [0.29, 0.717) is 12.8 Å². The van der Waals surface area contributed by atoms with Crippen LogP contribution in [0.2, 0.25) is 0 Å². The fraction of sp³-hybridized carbons (Fsp3) is 0.938. The fourth-order valence-corrected chi connectivity index (χ4v) is 5.32. The van der Waals surface area contributed by atoms with E-state index in [1.165, 1.54) is 13.3 Å². The van der Waals surface area contributed by atoms with Crippen LogP contribution in [0.5, 0.6) is 0 Å². The number of carboxylic acids is 1. The van der Waals surface area contributed by atoms with E-state index in [0.717, 1.165) is 44.9 Å². The Morgan fingerprint density at radius 2 is 1.81 bits per heavy atom. The Kier molecular flexibility index (Phi) is 7.42. The van der Waals surface area contributed by atoms with E-state index in [-0.39, 0.29) is 12.1 Å². The molecular weight excluding hydrogens is 287 g/mol. The first-order chi connectivity index (χ1) is 9.83. The fourth-order valence-electron chi connectivity index (χ4n) is 3.33. The molecule has 4 nitrogen and oxygen atoms in total. The molecule has 0 aliphatic heterocycles. The van der Waals surface area contributed by atoms with Crippen molar-refractivity contribution in [2.45, 2.75) is 83.2 Å². The van der Waals surface area contributed by atoms with Gasteiger partial charge in [0.1, 0.15) is 5.16 Å². The minimum Gasteiger partial charge on any atom is -0.480 e. The Bertz CT molecular complexity index is 376. The number of aliphatic carboxylic acids is 1. The minimum atomic E-state index is -3.68. The number of hydrogen-bond donors (Lipinski definition) is 2. The predicted octanol–water partition coefficient (Wildman–Crippen LogP) is 4.65. The SMILES string of the molecule is CCCCCCP(=O)(O)C(C)(CC1CCCCC1)C(=O)O. The van der Waals surface area contributed by atoms with Crippen LogP contribution in [0.15, 0.2) is 0 Å². The molecule has 1 saturated carbocycles. The molecule has 0 saturated heterocycles. The minimum absolute atomic E-state index is 0.141. The molecule has 0 radical (unpaired) electrons. The van der Waals surface area contributed by atoms with Crippen LogP contribution in [0, 0.1) is 5.92 Å². The lowest BCUT2D eigenvalue weighted by atomic mass is 9.83. The molecule has 1 aliphatic rings. The molecule has 1 rings (SSSR count). The van der Waals surface area contributed by atoms with Gasteiger partial charge in [-0.1, -0.05) is 58.3 Å². The van der Waals surface area contributed by atoms with E-state index in [9.17, 15) is 19.4 Å². The third kappa shape index (κ3) is 5.10. The Balaban J connectivity index is 2.71. The molecule has 0 aromatic carbocycles. The molecule has 0 spiro atoms. The van der Waals surface area contributed by atoms with Gasteiger partial charge in [-0.2, -0.15) is 0 Å². The standard InChI is InChI=1S/C16H31O4P/c1-3-4-5-9-12-21(19,20)16(2,15(17)18)13-14-10-7-6-8-11-14/h14H,3-13H2,1-2H3,(H,17,18)(H,19,20). The number of carboxylic acid groups (broad SMARTS) is 1. The Morgan fingerprint density at radius 1 is 1.19 bits per heavy atom. The zero-order valence-corrected chi connectivity index (χ0v) is 14.4. The summed E-state index contributed by atoms with van der Waals surface area (Å²) in [6, 6.07) is 0. The average molecular weight is 318 g/mol. The normalized spacial score (nSPS) is 22.4. The summed E-state index contributed by atoms with van der Waals surface area (Å²) in [5.41, 5.74) is 0. The second kappa shape index (κ2) is 8.33. The summed E-state index contributed by atoms with van der Waals surface area (Å²) in [5.74, 6) is -0.814. The molecule has 2 N–H and O–H groups in total. The van der Waals surface area contributed by atoms with Gasteiger partial charge in [0, 0.05) is 6.16 Å². The second-order valence-corrected chi connectivity index (χ2v) is 9.61. The van der Waals surface area contributed by atoms with Crippen molar-refractivity contribution in [3.8, 4) is 0 Å². The molecule has 5 heteroatoms. The molecule has 1 fully saturated rings. The highest BCUT2D eigenvalue weighted by Crippen LogP contribution is 2.58. The molecule has 2 unspecified atom stereocenters. The van der Waals surface area contributed by atoms with Crippen LogP contribution < -0.4 is 0 Å². The zero-order valence-electron chi connectivity index (χ0n) is 13.5. The van der Waals surface area contributed by atoms with E-state index >= 15 is 0 Å². The van der Waals surface area contributed by atoms with E-state index in [1.54, 1.807) is 0 Å². The quantitative estimate of drug-likeness (QED) is 0.479. The maximum Gasteiger partial charge on any atom is 0.319 e. The molecule has 0 amide bonds. The first-order valence-electron chi connectivity index (χ1n) is 8.39. The largest absolute Gasteiger partial charge is 0.480 e. The summed E-state index contributed by atoms with van der Waals surface area (Å²) >= 11 is 0. The smallest absolute Gasteiger partial charge is 0.319 e. The second-order valence-electron chi connectivity index (χ2n) is 6.77. The van der Waals surface area contributed by atoms with Crippen LogP contribution in [-0.4, -0.2) is 27.3 Å². The van der Waals surface area contributed by atoms with Gasteiger partial charge in [-0.25, -0.2) is 0 Å². The third-order valence-corrected chi connectivity index (χ3v) is 7.80. The van der Waals surface area contributed by atoms with Gasteiger partial charge in [-0.15, -0.1) is 0 Å². The number of hydrogen-bond acceptors (Lipinski definition) is 2. The monoisotopic (exact) mass is 318 g/mol. The van der Waals surface area contributed by atoms with Crippen molar-refractivity contribution in [1.82, 2.24) is 0 Å². The highest BCUT2D eigenvalue weighted by Gasteiger charge is 2.50. The van der Waals surface area contributed by atoms with Crippen LogP contribution >= 0.6 is 7.37 Å². The van der Waals surface area contributed by atoms with Crippen LogP contribution in [0.3, 0.4) is 0 Å². The average Bonchev–Trinajstić information content (AvgIpc) is 2.44. The van der Waals surface area contributed by atoms with Gasteiger partial charge in [0.15, 0.2) is 0 Å². The van der Waals surface area contributed by atoms with Crippen molar-refractivity contribution in [2.75, 3.05) is 6.16 Å². The van der Waals surface area contributed by atoms with Crippen molar-refractivity contribution in [2.24, 2.45) is 5.92 Å². The molecule has 2 atom stereocenters. The maximum absolute atomic E-state index is 12.7. The lowest BCUT2D eigenvalue weighted by Gasteiger charge is -2.34. The summed E-state index contributed by atoms with van der Waals surface area (Å²) < 4.78 is 12.7. The highest BCUT2D eigenvalue weighted by molar-refractivity contribution is 7.60. The van der Waals surface area contributed by atoms with Crippen molar-refractivity contribution in [3.63, 3.8) is 0 Å². The molecule has 21 heavy (non-hydrogen) atoms. The van der Waals surface area contributed by atoms with Crippen LogP contribution in [0.4, 0.5) is 0 Å². The molecule has 124 valence electrons. The maximum atomic E-state index is 12.7. The summed E-state index contributed by atoms with van der Waals surface area (Å²) in [6.45, 7) is 3.58. The zero-order chi connectivity index (χ0) is 15.9. The van der Waals surface area contributed by atoms with E-state index < -0.39 is 18.5 Å². The number of carbonyl (C=O) groups is 1. The van der Waals surface area contributed by atoms with Gasteiger partial charge < -0.3 is 10.00 Å². The Morgan fingerprint density at radius 3 is 2.33 bits per heavy atom. The van der Waals surface area contributed by atoms with Gasteiger partial charge in [0.2, 0.25) is 7.37 Å². The molecule has 1 aliphatic carbocycles. The number of unbranched alkanes of at least 4 members (excludes halogenated alkanes) is 3. The summed E-state index contributed by atoms with van der Waals surface area (Å²) in [6.07, 6.45) is 9.58. The van der Waals surface area contributed by atoms with Crippen LogP contribution in [-0.2, 0) is 9.36 Å². The van der Waals surface area contributed by atoms with E-state index in [4.69, 9.17) is 0 Å². The summed E-state index contributed by atoms with van der Waals surface area (Å²) in [7, 11) is -3.68. The molecular formula is C16H31O4P. The lowest BCUT2D eigenvalue weighted by molar-refractivity contribution is -0.140.